The van der Waals surface area contributed by atoms with Gasteiger partial charge in [-0.1, -0.05) is 57.7 Å². The summed E-state index contributed by atoms with van der Waals surface area (Å²) in [6.45, 7) is 6.56. The second kappa shape index (κ2) is 13.8. The van der Waals surface area contributed by atoms with E-state index in [1.54, 1.807) is 37.3 Å². The van der Waals surface area contributed by atoms with Gasteiger partial charge in [0, 0.05) is 12.6 Å². The molecule has 1 aromatic heterocycles. The van der Waals surface area contributed by atoms with Gasteiger partial charge >= 0.3 is 13.4 Å². The molecule has 2 heterocycles. The van der Waals surface area contributed by atoms with Gasteiger partial charge in [0.15, 0.2) is 6.23 Å². The number of rotatable bonds is 15. The summed E-state index contributed by atoms with van der Waals surface area (Å²) < 4.78 is 32.1. The lowest BCUT2D eigenvalue weighted by molar-refractivity contribution is -0.121. The molecule has 0 radical (unpaired) electrons. The number of benzene rings is 1. The Morgan fingerprint density at radius 3 is 2.50 bits per heavy atom. The zero-order valence-corrected chi connectivity index (χ0v) is 24.3. The number of nitrogens with one attached hydrogen (secondary N) is 1. The van der Waals surface area contributed by atoms with Gasteiger partial charge in [0.1, 0.15) is 35.2 Å². The number of aromatic nitrogens is 2. The average molecular weight is 581 g/mol. The number of carbonyl (C=O) groups excluding carboxylic acids is 1. The molecule has 1 aliphatic rings. The summed E-state index contributed by atoms with van der Waals surface area (Å²) in [7, 11) is -4.20. The molecule has 0 aliphatic carbocycles. The number of aliphatic hydroxyl groups excluding tert-OH is 1. The molecule has 40 heavy (non-hydrogen) atoms. The van der Waals surface area contributed by atoms with Crippen molar-refractivity contribution < 1.29 is 33.4 Å². The Balaban J connectivity index is 1.77. The van der Waals surface area contributed by atoms with Crippen molar-refractivity contribution in [1.82, 2.24) is 14.6 Å². The number of aliphatic hydroxyl groups is 2. The Morgan fingerprint density at radius 1 is 1.25 bits per heavy atom. The van der Waals surface area contributed by atoms with Crippen LogP contribution in [0, 0.1) is 5.92 Å². The minimum atomic E-state index is -4.20. The first-order valence-corrected chi connectivity index (χ1v) is 15.1. The van der Waals surface area contributed by atoms with Crippen LogP contribution in [0.3, 0.4) is 0 Å². The molecule has 222 valence electrons. The molecule has 1 unspecified atom stereocenters. The quantitative estimate of drug-likeness (QED) is 0.228. The van der Waals surface area contributed by atoms with Crippen LogP contribution in [0.15, 0.2) is 47.4 Å². The third-order valence-corrected chi connectivity index (χ3v) is 8.60. The molecule has 13 heteroatoms. The minimum Gasteiger partial charge on any atom is -0.413 e. The van der Waals surface area contributed by atoms with Crippen molar-refractivity contribution in [2.24, 2.45) is 5.92 Å². The molecule has 2 aromatic rings. The predicted octanol–water partition coefficient (Wildman–Crippen LogP) is 3.19. The Bertz CT molecular complexity index is 1220. The summed E-state index contributed by atoms with van der Waals surface area (Å²) >= 11 is 0. The van der Waals surface area contributed by atoms with Crippen LogP contribution in [0.4, 0.5) is 5.82 Å². The highest BCUT2D eigenvalue weighted by atomic mass is 31.2. The number of anilines is 1. The lowest BCUT2D eigenvalue weighted by Crippen LogP contribution is -2.46. The average Bonchev–Trinajstić information content (AvgIpc) is 3.11. The van der Waals surface area contributed by atoms with E-state index in [-0.39, 0.29) is 23.3 Å². The van der Waals surface area contributed by atoms with Crippen molar-refractivity contribution in [3.05, 3.63) is 53.1 Å². The fourth-order valence-electron chi connectivity index (χ4n) is 4.80. The second-order valence-corrected chi connectivity index (χ2v) is 12.1. The van der Waals surface area contributed by atoms with E-state index < -0.39 is 50.1 Å². The molecule has 3 rings (SSSR count). The predicted molar refractivity (Wildman–Crippen MR) is 150 cm³/mol. The lowest BCUT2D eigenvalue weighted by atomic mass is 9.91. The van der Waals surface area contributed by atoms with E-state index in [0.717, 1.165) is 30.3 Å². The molecule has 1 aliphatic heterocycles. The maximum absolute atomic E-state index is 13.9. The normalized spacial score (nSPS) is 25.0. The van der Waals surface area contributed by atoms with Gasteiger partial charge < -0.3 is 25.2 Å². The summed E-state index contributed by atoms with van der Waals surface area (Å²) in [5.41, 5.74) is 2.84. The van der Waals surface area contributed by atoms with Crippen molar-refractivity contribution >= 4 is 19.3 Å². The first-order valence-electron chi connectivity index (χ1n) is 13.6. The Hall–Kier alpha value is -2.60. The van der Waals surface area contributed by atoms with E-state index in [1.807, 2.05) is 0 Å². The highest BCUT2D eigenvalue weighted by Crippen LogP contribution is 2.47. The first kappa shape index (κ1) is 31.9. The molecule has 6 atom stereocenters. The highest BCUT2D eigenvalue weighted by molar-refractivity contribution is 7.52. The van der Waals surface area contributed by atoms with Crippen LogP contribution in [0.2, 0.25) is 0 Å². The van der Waals surface area contributed by atoms with E-state index in [9.17, 15) is 24.4 Å². The standard InChI is InChI=1S/C27H41N4O8P/c1-5-10-19(11-6-2)16-21(32)18(3)30-40(36,39-20-12-8-7-9-13-20)37-17-22-24(33)27(4,35)25(38-22)31-15-14-23(28)29-26(31)34/h7-9,12-15,18-19,22,24-25,33,35H,5-6,10-11,16-17H2,1-4H3,(H,30,36)(H2,28,29,34)/t18-,22+,24+,25+,27+,40?/m0/s1. The van der Waals surface area contributed by atoms with Crippen molar-refractivity contribution in [2.75, 3.05) is 12.3 Å². The minimum absolute atomic E-state index is 0.0104. The molecule has 5 N–H and O–H groups in total. The summed E-state index contributed by atoms with van der Waals surface area (Å²) in [5, 5.41) is 24.5. The number of ketones is 1. The molecular weight excluding hydrogens is 539 g/mol. The maximum Gasteiger partial charge on any atom is 0.459 e. The molecule has 1 saturated heterocycles. The molecule has 0 bridgehead atoms. The Labute approximate surface area is 234 Å². The van der Waals surface area contributed by atoms with E-state index in [2.05, 4.69) is 23.9 Å². The van der Waals surface area contributed by atoms with Crippen LogP contribution < -0.4 is 21.0 Å². The van der Waals surface area contributed by atoms with Gasteiger partial charge in [-0.05, 0) is 38.0 Å². The van der Waals surface area contributed by atoms with E-state index in [4.69, 9.17) is 19.5 Å². The highest BCUT2D eigenvalue weighted by Gasteiger charge is 2.54. The van der Waals surface area contributed by atoms with Crippen LogP contribution in [0.1, 0.15) is 66.0 Å². The second-order valence-electron chi connectivity index (χ2n) is 10.4. The summed E-state index contributed by atoms with van der Waals surface area (Å²) in [5.74, 6) is 0.339. The molecule has 1 fully saturated rings. The molecule has 0 amide bonds. The number of hydrogen-bond acceptors (Lipinski definition) is 10. The van der Waals surface area contributed by atoms with Gasteiger partial charge in [0.05, 0.1) is 12.6 Å². The SMILES string of the molecule is CCCC(CCC)CC(=O)[C@H](C)NP(=O)(OC[C@H]1O[C@@H](n2ccc(N)nc2=O)[C@](C)(O)[C@@H]1O)Oc1ccccc1. The Morgan fingerprint density at radius 2 is 1.90 bits per heavy atom. The van der Waals surface area contributed by atoms with Crippen LogP contribution in [0.5, 0.6) is 5.75 Å². The molecule has 0 saturated carbocycles. The fraction of sp³-hybridized carbons (Fsp3) is 0.593. The number of ether oxygens (including phenoxy) is 1. The third-order valence-electron chi connectivity index (χ3n) is 6.95. The molecule has 1 aromatic carbocycles. The number of hydrogen-bond donors (Lipinski definition) is 4. The summed E-state index contributed by atoms with van der Waals surface area (Å²) in [6.07, 6.45) is 1.34. The van der Waals surface area contributed by atoms with Crippen LogP contribution in [-0.4, -0.2) is 56.0 Å². The zero-order chi connectivity index (χ0) is 29.5. The number of nitrogens with zero attached hydrogens (tertiary/aromatic N) is 2. The first-order chi connectivity index (χ1) is 18.9. The fourth-order valence-corrected chi connectivity index (χ4v) is 6.34. The van der Waals surface area contributed by atoms with Gasteiger partial charge in [-0.25, -0.2) is 14.4 Å². The lowest BCUT2D eigenvalue weighted by Gasteiger charge is -2.27. The van der Waals surface area contributed by atoms with Crippen molar-refractivity contribution in [1.29, 1.82) is 0 Å². The largest absolute Gasteiger partial charge is 0.459 e. The zero-order valence-electron chi connectivity index (χ0n) is 23.4. The summed E-state index contributed by atoms with van der Waals surface area (Å²) in [4.78, 5) is 29.0. The number of Topliss-reactive ketones (excluding diaryl/α,β-unsaturated/α-hetero) is 1. The maximum atomic E-state index is 13.9. The topological polar surface area (TPSA) is 175 Å². The van der Waals surface area contributed by atoms with E-state index in [1.165, 1.54) is 19.2 Å². The van der Waals surface area contributed by atoms with E-state index in [0.29, 0.717) is 6.42 Å². The van der Waals surface area contributed by atoms with Crippen molar-refractivity contribution in [3.63, 3.8) is 0 Å². The smallest absolute Gasteiger partial charge is 0.413 e. The van der Waals surface area contributed by atoms with Crippen LogP contribution in [0.25, 0.3) is 0 Å². The van der Waals surface area contributed by atoms with Gasteiger partial charge in [-0.15, -0.1) is 0 Å². The molecule has 12 nitrogen and oxygen atoms in total. The molecular formula is C27H41N4O8P. The van der Waals surface area contributed by atoms with Gasteiger partial charge in [0.2, 0.25) is 0 Å². The van der Waals surface area contributed by atoms with Crippen molar-refractivity contribution in [3.8, 4) is 5.75 Å². The van der Waals surface area contributed by atoms with Gasteiger partial charge in [0.25, 0.3) is 0 Å². The Kier molecular flexibility index (Phi) is 11.0. The van der Waals surface area contributed by atoms with Crippen molar-refractivity contribution in [2.45, 2.75) is 89.9 Å². The van der Waals surface area contributed by atoms with Crippen LogP contribution in [-0.2, 0) is 18.6 Å². The third kappa shape index (κ3) is 7.99. The number of nitrogens with two attached hydrogens (primary N) is 1. The number of nitrogen functional groups attached to an aromatic ring is 1. The van der Waals surface area contributed by atoms with Crippen LogP contribution >= 0.6 is 7.75 Å². The van der Waals surface area contributed by atoms with Gasteiger partial charge in [-0.3, -0.25) is 13.9 Å². The van der Waals surface area contributed by atoms with E-state index >= 15 is 0 Å². The van der Waals surface area contributed by atoms with Gasteiger partial charge in [-0.2, -0.15) is 4.98 Å². The number of para-hydroxylation sites is 1. The molecule has 0 spiro atoms. The number of carbonyl (C=O) groups is 1. The summed E-state index contributed by atoms with van der Waals surface area (Å²) in [6, 6.07) is 8.83. The monoisotopic (exact) mass is 580 g/mol.